The number of rotatable bonds is 6. The molecule has 142 valence electrons. The van der Waals surface area contributed by atoms with Crippen molar-refractivity contribution in [3.8, 4) is 0 Å². The molecule has 0 aromatic carbocycles. The lowest BCUT2D eigenvalue weighted by molar-refractivity contribution is -0.124. The topological polar surface area (TPSA) is 90.4 Å². The van der Waals surface area contributed by atoms with Gasteiger partial charge in [-0.2, -0.15) is 0 Å². The Morgan fingerprint density at radius 2 is 1.96 bits per heavy atom. The molecule has 2 fully saturated rings. The molecular weight excluding hydrogens is 330 g/mol. The quantitative estimate of drug-likeness (QED) is 0.411. The van der Waals surface area contributed by atoms with Gasteiger partial charge in [-0.05, 0) is 44.2 Å². The van der Waals surface area contributed by atoms with Gasteiger partial charge in [0.15, 0.2) is 0 Å². The number of hydroxylamine groups is 1. The molecule has 0 unspecified atom stereocenters. The molecule has 0 radical (unpaired) electrons. The predicted octanol–water partition coefficient (Wildman–Crippen LogP) is 2.45. The molecule has 7 nitrogen and oxygen atoms in total. The van der Waals surface area contributed by atoms with E-state index in [1.165, 1.54) is 57.7 Å². The van der Waals surface area contributed by atoms with Crippen LogP contribution in [0.4, 0.5) is 5.95 Å². The minimum Gasteiger partial charge on any atom is -0.350 e. The number of hydrogen-bond acceptors (Lipinski definition) is 6. The van der Waals surface area contributed by atoms with Crippen LogP contribution < -0.4 is 10.8 Å². The van der Waals surface area contributed by atoms with Crippen LogP contribution in [0.1, 0.15) is 50.5 Å². The Balaban J connectivity index is 1.48. The van der Waals surface area contributed by atoms with Gasteiger partial charge in [-0.25, -0.2) is 15.4 Å². The molecule has 2 heterocycles. The monoisotopic (exact) mass is 359 g/mol. The van der Waals surface area contributed by atoms with Gasteiger partial charge in [-0.3, -0.25) is 10.0 Å². The Morgan fingerprint density at radius 3 is 2.69 bits per heavy atom. The van der Waals surface area contributed by atoms with E-state index in [-0.39, 0.29) is 0 Å². The molecule has 26 heavy (non-hydrogen) atoms. The Morgan fingerprint density at radius 1 is 1.19 bits per heavy atom. The highest BCUT2D eigenvalue weighted by molar-refractivity contribution is 5.90. The number of nitrogens with zero attached hydrogens (tertiary/aromatic N) is 3. The number of carbonyl (C=O) groups excluding carboxylic acids is 1. The lowest BCUT2D eigenvalue weighted by atomic mass is 9.88. The summed E-state index contributed by atoms with van der Waals surface area (Å²) in [5, 5.41) is 11.9. The molecule has 1 saturated carbocycles. The van der Waals surface area contributed by atoms with E-state index in [9.17, 15) is 4.79 Å². The Kier molecular flexibility index (Phi) is 6.96. The number of nitrogens with one attached hydrogen (secondary N) is 2. The third-order valence-electron chi connectivity index (χ3n) is 5.29. The number of aromatic nitrogens is 2. The van der Waals surface area contributed by atoms with Crippen molar-refractivity contribution in [2.75, 3.05) is 25.0 Å². The summed E-state index contributed by atoms with van der Waals surface area (Å²) in [5.41, 5.74) is 2.26. The maximum Gasteiger partial charge on any atom is 0.267 e. The molecule has 1 aromatic rings. The van der Waals surface area contributed by atoms with Gasteiger partial charge in [0.2, 0.25) is 5.95 Å². The first-order valence-corrected chi connectivity index (χ1v) is 9.66. The van der Waals surface area contributed by atoms with Gasteiger partial charge in [0.05, 0.1) is 0 Å². The van der Waals surface area contributed by atoms with Crippen LogP contribution in [0.15, 0.2) is 18.5 Å². The first-order valence-electron chi connectivity index (χ1n) is 9.66. The van der Waals surface area contributed by atoms with Gasteiger partial charge >= 0.3 is 0 Å². The van der Waals surface area contributed by atoms with Gasteiger partial charge in [0.1, 0.15) is 0 Å². The minimum absolute atomic E-state index is 0.383. The SMILES string of the molecule is O=C(C=Cc1cnc(N[C@@H]2CCCN(CC3CCCCC3)C2)nc1)NO. The average molecular weight is 359 g/mol. The molecule has 2 aliphatic rings. The molecule has 0 spiro atoms. The van der Waals surface area contributed by atoms with E-state index in [1.807, 2.05) is 0 Å². The molecule has 3 rings (SSSR count). The van der Waals surface area contributed by atoms with Gasteiger partial charge < -0.3 is 10.2 Å². The zero-order chi connectivity index (χ0) is 18.2. The second kappa shape index (κ2) is 9.64. The van der Waals surface area contributed by atoms with Gasteiger partial charge in [-0.15, -0.1) is 0 Å². The smallest absolute Gasteiger partial charge is 0.267 e. The molecule has 1 amide bonds. The number of piperidine rings is 1. The number of anilines is 1. The van der Waals surface area contributed by atoms with Gasteiger partial charge in [0.25, 0.3) is 5.91 Å². The van der Waals surface area contributed by atoms with Crippen molar-refractivity contribution < 1.29 is 10.0 Å². The zero-order valence-corrected chi connectivity index (χ0v) is 15.2. The van der Waals surface area contributed by atoms with Crippen LogP contribution in [0.25, 0.3) is 6.08 Å². The maximum atomic E-state index is 11.0. The van der Waals surface area contributed by atoms with Gasteiger partial charge in [0, 0.05) is 43.2 Å². The molecule has 0 bridgehead atoms. The lowest BCUT2D eigenvalue weighted by Gasteiger charge is -2.36. The summed E-state index contributed by atoms with van der Waals surface area (Å²) in [6, 6.07) is 0.383. The van der Waals surface area contributed by atoms with Crippen LogP contribution in [0, 0.1) is 5.92 Å². The van der Waals surface area contributed by atoms with Crippen molar-refractivity contribution in [1.82, 2.24) is 20.3 Å². The van der Waals surface area contributed by atoms with Crippen molar-refractivity contribution >= 4 is 17.9 Å². The number of likely N-dealkylation sites (tertiary alicyclic amines) is 1. The summed E-state index contributed by atoms with van der Waals surface area (Å²) in [6.07, 6.45) is 15.5. The number of hydrogen-bond donors (Lipinski definition) is 3. The zero-order valence-electron chi connectivity index (χ0n) is 15.2. The van der Waals surface area contributed by atoms with Gasteiger partial charge in [-0.1, -0.05) is 19.3 Å². The summed E-state index contributed by atoms with van der Waals surface area (Å²) in [7, 11) is 0. The number of carbonyl (C=O) groups is 1. The van der Waals surface area contributed by atoms with Crippen LogP contribution in [-0.4, -0.2) is 51.7 Å². The summed E-state index contributed by atoms with van der Waals surface area (Å²) in [6.45, 7) is 3.49. The molecule has 7 heteroatoms. The number of amides is 1. The van der Waals surface area contributed by atoms with Crippen molar-refractivity contribution in [2.45, 2.75) is 51.0 Å². The Labute approximate surface area is 154 Å². The second-order valence-electron chi connectivity index (χ2n) is 7.40. The van der Waals surface area contributed by atoms with E-state index >= 15 is 0 Å². The molecule has 3 N–H and O–H groups in total. The fourth-order valence-corrected chi connectivity index (χ4v) is 3.96. The average Bonchev–Trinajstić information content (AvgIpc) is 2.68. The van der Waals surface area contributed by atoms with Crippen LogP contribution in [0.2, 0.25) is 0 Å². The van der Waals surface area contributed by atoms with Crippen LogP contribution >= 0.6 is 0 Å². The normalized spacial score (nSPS) is 22.4. The summed E-state index contributed by atoms with van der Waals surface area (Å²) in [5.74, 6) is 0.923. The highest BCUT2D eigenvalue weighted by Crippen LogP contribution is 2.25. The van der Waals surface area contributed by atoms with Crippen LogP contribution in [0.5, 0.6) is 0 Å². The first-order chi connectivity index (χ1) is 12.7. The third-order valence-corrected chi connectivity index (χ3v) is 5.29. The van der Waals surface area contributed by atoms with Crippen molar-refractivity contribution in [1.29, 1.82) is 0 Å². The molecular formula is C19H29N5O2. The molecule has 1 aliphatic carbocycles. The van der Waals surface area contributed by atoms with E-state index in [4.69, 9.17) is 5.21 Å². The van der Waals surface area contributed by atoms with Crippen LogP contribution in [0.3, 0.4) is 0 Å². The van der Waals surface area contributed by atoms with Crippen molar-refractivity contribution in [3.05, 3.63) is 24.0 Å². The van der Waals surface area contributed by atoms with E-state index in [1.54, 1.807) is 23.9 Å². The molecule has 1 aliphatic heterocycles. The van der Waals surface area contributed by atoms with Crippen molar-refractivity contribution in [3.63, 3.8) is 0 Å². The van der Waals surface area contributed by atoms with Crippen LogP contribution in [-0.2, 0) is 4.79 Å². The fraction of sp³-hybridized carbons (Fsp3) is 0.632. The summed E-state index contributed by atoms with van der Waals surface area (Å²) < 4.78 is 0. The third kappa shape index (κ3) is 5.78. The minimum atomic E-state index is -0.576. The largest absolute Gasteiger partial charge is 0.350 e. The summed E-state index contributed by atoms with van der Waals surface area (Å²) >= 11 is 0. The Bertz CT molecular complexity index is 598. The second-order valence-corrected chi connectivity index (χ2v) is 7.40. The maximum absolute atomic E-state index is 11.0. The van der Waals surface area contributed by atoms with E-state index < -0.39 is 5.91 Å². The molecule has 1 atom stereocenters. The van der Waals surface area contributed by atoms with Crippen molar-refractivity contribution in [2.24, 2.45) is 5.92 Å². The summed E-state index contributed by atoms with van der Waals surface area (Å²) in [4.78, 5) is 22.2. The highest BCUT2D eigenvalue weighted by atomic mass is 16.5. The van der Waals surface area contributed by atoms with E-state index in [2.05, 4.69) is 20.2 Å². The molecule has 1 saturated heterocycles. The van der Waals surface area contributed by atoms with E-state index in [0.717, 1.165) is 18.9 Å². The Hall–Kier alpha value is -1.99. The standard InChI is InChI=1S/C19H29N5O2/c25-18(23-26)9-8-16-11-20-19(21-12-16)22-17-7-4-10-24(14-17)13-15-5-2-1-3-6-15/h8-9,11-12,15,17,26H,1-7,10,13-14H2,(H,23,25)(H,20,21,22)/t17-/m1/s1. The highest BCUT2D eigenvalue weighted by Gasteiger charge is 2.23. The molecule has 1 aromatic heterocycles. The fourth-order valence-electron chi connectivity index (χ4n) is 3.96. The lowest BCUT2D eigenvalue weighted by Crippen LogP contribution is -2.44. The first kappa shape index (κ1) is 18.8. The predicted molar refractivity (Wildman–Crippen MR) is 101 cm³/mol. The van der Waals surface area contributed by atoms with E-state index in [0.29, 0.717) is 17.6 Å².